The summed E-state index contributed by atoms with van der Waals surface area (Å²) in [6, 6.07) is 4.21. The third-order valence-electron chi connectivity index (χ3n) is 4.17. The molecule has 0 bridgehead atoms. The van der Waals surface area contributed by atoms with Crippen LogP contribution in [0.15, 0.2) is 24.3 Å². The summed E-state index contributed by atoms with van der Waals surface area (Å²) in [7, 11) is 0. The first kappa shape index (κ1) is 18.7. The van der Waals surface area contributed by atoms with Crippen LogP contribution in [0.3, 0.4) is 0 Å². The first-order valence-electron chi connectivity index (χ1n) is 8.05. The van der Waals surface area contributed by atoms with Gasteiger partial charge in [-0.3, -0.25) is 4.79 Å². The van der Waals surface area contributed by atoms with Crippen molar-refractivity contribution in [1.82, 2.24) is 5.32 Å². The highest BCUT2D eigenvalue weighted by molar-refractivity contribution is 5.76. The average molecular weight is 345 g/mol. The van der Waals surface area contributed by atoms with Gasteiger partial charge >= 0.3 is 6.18 Å². The Labute approximate surface area is 139 Å². The third-order valence-corrected chi connectivity index (χ3v) is 4.17. The molecule has 0 spiro atoms. The van der Waals surface area contributed by atoms with Crippen LogP contribution >= 0.6 is 0 Å². The number of nitrogens with one attached hydrogen (secondary N) is 1. The van der Waals surface area contributed by atoms with E-state index in [2.05, 4.69) is 5.32 Å². The number of carbonyl (C=O) groups is 1. The molecule has 1 heterocycles. The van der Waals surface area contributed by atoms with Crippen molar-refractivity contribution >= 4 is 5.91 Å². The van der Waals surface area contributed by atoms with Gasteiger partial charge in [0.2, 0.25) is 5.91 Å². The first-order valence-corrected chi connectivity index (χ1v) is 8.05. The van der Waals surface area contributed by atoms with Gasteiger partial charge in [-0.15, -0.1) is 0 Å². The van der Waals surface area contributed by atoms with Crippen LogP contribution < -0.4 is 5.32 Å². The molecule has 24 heavy (non-hydrogen) atoms. The molecule has 2 rings (SSSR count). The quantitative estimate of drug-likeness (QED) is 0.798. The molecule has 0 aromatic heterocycles. The largest absolute Gasteiger partial charge is 0.416 e. The third kappa shape index (κ3) is 5.49. The first-order chi connectivity index (χ1) is 11.4. The van der Waals surface area contributed by atoms with E-state index in [0.717, 1.165) is 18.6 Å². The molecule has 0 radical (unpaired) electrons. The summed E-state index contributed by atoms with van der Waals surface area (Å²) in [6.45, 7) is 1.14. The second kappa shape index (κ2) is 8.48. The molecular weight excluding hydrogens is 323 g/mol. The van der Waals surface area contributed by atoms with Crippen LogP contribution in [0.2, 0.25) is 0 Å². The Balaban J connectivity index is 1.99. The maximum atomic E-state index is 12.8. The number of ether oxygens (including phenoxy) is 1. The lowest BCUT2D eigenvalue weighted by atomic mass is 9.99. The smallest absolute Gasteiger partial charge is 0.396 e. The van der Waals surface area contributed by atoms with Gasteiger partial charge in [-0.05, 0) is 42.9 Å². The fourth-order valence-corrected chi connectivity index (χ4v) is 2.80. The Morgan fingerprint density at radius 1 is 1.42 bits per heavy atom. The second-order valence-electron chi connectivity index (χ2n) is 6.02. The Morgan fingerprint density at radius 2 is 2.21 bits per heavy atom. The molecule has 1 aliphatic heterocycles. The molecule has 2 N–H and O–H groups in total. The van der Waals surface area contributed by atoms with Crippen LogP contribution in [0.4, 0.5) is 13.2 Å². The van der Waals surface area contributed by atoms with Gasteiger partial charge in [-0.1, -0.05) is 12.1 Å². The van der Waals surface area contributed by atoms with Crippen LogP contribution in [0, 0.1) is 5.92 Å². The van der Waals surface area contributed by atoms with E-state index < -0.39 is 17.8 Å². The van der Waals surface area contributed by atoms with Gasteiger partial charge in [-0.2, -0.15) is 13.2 Å². The highest BCUT2D eigenvalue weighted by Gasteiger charge is 2.31. The Kier molecular flexibility index (Phi) is 6.62. The van der Waals surface area contributed by atoms with Crippen LogP contribution in [-0.4, -0.2) is 30.8 Å². The van der Waals surface area contributed by atoms with Crippen LogP contribution in [0.25, 0.3) is 0 Å². The molecule has 0 aliphatic carbocycles. The normalized spacial score (nSPS) is 19.2. The molecular formula is C17H22F3NO3. The van der Waals surface area contributed by atoms with Crippen molar-refractivity contribution in [1.29, 1.82) is 0 Å². The Hall–Kier alpha value is -1.60. The second-order valence-corrected chi connectivity index (χ2v) is 6.02. The topological polar surface area (TPSA) is 58.6 Å². The molecule has 7 heteroatoms. The lowest BCUT2D eigenvalue weighted by Gasteiger charge is -2.20. The van der Waals surface area contributed by atoms with E-state index in [1.807, 2.05) is 0 Å². The predicted octanol–water partition coefficient (Wildman–Crippen LogP) is 3.06. The molecule has 0 unspecified atom stereocenters. The van der Waals surface area contributed by atoms with Crippen LogP contribution in [0.1, 0.15) is 42.9 Å². The van der Waals surface area contributed by atoms with Gasteiger partial charge < -0.3 is 15.2 Å². The molecule has 1 amide bonds. The summed E-state index contributed by atoms with van der Waals surface area (Å²) in [4.78, 5) is 12.1. The van der Waals surface area contributed by atoms with Crippen molar-refractivity contribution < 1.29 is 27.8 Å². The van der Waals surface area contributed by atoms with E-state index >= 15 is 0 Å². The van der Waals surface area contributed by atoms with Gasteiger partial charge in [0.25, 0.3) is 0 Å². The minimum absolute atomic E-state index is 0.166. The van der Waals surface area contributed by atoms with Crippen LogP contribution in [0.5, 0.6) is 0 Å². The monoisotopic (exact) mass is 345 g/mol. The van der Waals surface area contributed by atoms with Crippen molar-refractivity contribution in [2.45, 2.75) is 37.9 Å². The van der Waals surface area contributed by atoms with E-state index in [1.54, 1.807) is 0 Å². The number of hydrogen-bond donors (Lipinski definition) is 2. The zero-order valence-corrected chi connectivity index (χ0v) is 13.3. The SMILES string of the molecule is O=C(CC[C@H]1CCOC1)N[C@H](CCO)c1cccc(C(F)(F)F)c1. The van der Waals surface area contributed by atoms with Crippen molar-refractivity contribution in [2.75, 3.05) is 19.8 Å². The Bertz CT molecular complexity index is 542. The molecule has 1 saturated heterocycles. The van der Waals surface area contributed by atoms with E-state index in [4.69, 9.17) is 9.84 Å². The number of alkyl halides is 3. The fraction of sp³-hybridized carbons (Fsp3) is 0.588. The number of aliphatic hydroxyl groups excluding tert-OH is 1. The van der Waals surface area contributed by atoms with E-state index in [0.29, 0.717) is 37.5 Å². The maximum absolute atomic E-state index is 12.8. The van der Waals surface area contributed by atoms with Gasteiger partial charge in [-0.25, -0.2) is 0 Å². The summed E-state index contributed by atoms with van der Waals surface area (Å²) >= 11 is 0. The summed E-state index contributed by atoms with van der Waals surface area (Å²) < 4.78 is 43.7. The zero-order chi connectivity index (χ0) is 17.6. The molecule has 1 aromatic rings. The van der Waals surface area contributed by atoms with Crippen molar-refractivity contribution in [3.8, 4) is 0 Å². The molecule has 2 atom stereocenters. The van der Waals surface area contributed by atoms with Gasteiger partial charge in [0, 0.05) is 26.2 Å². The van der Waals surface area contributed by atoms with Gasteiger partial charge in [0.05, 0.1) is 11.6 Å². The lowest BCUT2D eigenvalue weighted by molar-refractivity contribution is -0.137. The minimum Gasteiger partial charge on any atom is -0.396 e. The number of rotatable bonds is 7. The van der Waals surface area contributed by atoms with Crippen LogP contribution in [-0.2, 0) is 15.7 Å². The number of benzene rings is 1. The number of aliphatic hydroxyl groups is 1. The van der Waals surface area contributed by atoms with Gasteiger partial charge in [0.15, 0.2) is 0 Å². The van der Waals surface area contributed by atoms with E-state index in [-0.39, 0.29) is 18.9 Å². The number of hydrogen-bond acceptors (Lipinski definition) is 3. The molecule has 134 valence electrons. The molecule has 1 fully saturated rings. The summed E-state index contributed by atoms with van der Waals surface area (Å²) in [5, 5.41) is 11.9. The molecule has 1 aromatic carbocycles. The number of carbonyl (C=O) groups excluding carboxylic acids is 1. The average Bonchev–Trinajstić information content (AvgIpc) is 3.05. The van der Waals surface area contributed by atoms with E-state index in [9.17, 15) is 18.0 Å². The Morgan fingerprint density at radius 3 is 2.83 bits per heavy atom. The number of halogens is 3. The molecule has 0 saturated carbocycles. The highest BCUT2D eigenvalue weighted by atomic mass is 19.4. The molecule has 1 aliphatic rings. The minimum atomic E-state index is -4.44. The molecule has 4 nitrogen and oxygen atoms in total. The maximum Gasteiger partial charge on any atom is 0.416 e. The highest BCUT2D eigenvalue weighted by Crippen LogP contribution is 2.31. The van der Waals surface area contributed by atoms with Crippen molar-refractivity contribution in [2.24, 2.45) is 5.92 Å². The van der Waals surface area contributed by atoms with E-state index in [1.165, 1.54) is 12.1 Å². The van der Waals surface area contributed by atoms with Gasteiger partial charge in [0.1, 0.15) is 0 Å². The zero-order valence-electron chi connectivity index (χ0n) is 13.3. The van der Waals surface area contributed by atoms with Crippen molar-refractivity contribution in [3.63, 3.8) is 0 Å². The van der Waals surface area contributed by atoms with Crippen molar-refractivity contribution in [3.05, 3.63) is 35.4 Å². The predicted molar refractivity (Wildman–Crippen MR) is 82.2 cm³/mol. The lowest BCUT2D eigenvalue weighted by Crippen LogP contribution is -2.29. The summed E-state index contributed by atoms with van der Waals surface area (Å²) in [5.74, 6) is 0.137. The standard InChI is InChI=1S/C17H22F3NO3/c18-17(19,20)14-3-1-2-13(10-14)15(6-8-22)21-16(23)5-4-12-7-9-24-11-12/h1-3,10,12,15,22H,4-9,11H2,(H,21,23)/t12-,15+/m0/s1. The fourth-order valence-electron chi connectivity index (χ4n) is 2.80. The number of amides is 1. The summed E-state index contributed by atoms with van der Waals surface area (Å²) in [5.41, 5.74) is -0.420. The summed E-state index contributed by atoms with van der Waals surface area (Å²) in [6.07, 6.45) is -2.35.